The van der Waals surface area contributed by atoms with Crippen molar-refractivity contribution in [1.29, 1.82) is 0 Å². The molecule has 2 rings (SSSR count). The Kier molecular flexibility index (Phi) is 2.63. The van der Waals surface area contributed by atoms with Gasteiger partial charge < -0.3 is 4.90 Å². The molecule has 2 aromatic rings. The number of nitrogens with zero attached hydrogens (tertiary/aromatic N) is 1. The van der Waals surface area contributed by atoms with E-state index in [1.807, 2.05) is 0 Å². The molecule has 0 aliphatic carbocycles. The molecule has 1 heteroatoms. The first-order chi connectivity index (χ1) is 7.20. The number of anilines is 1. The fourth-order valence-corrected chi connectivity index (χ4v) is 1.78. The lowest BCUT2D eigenvalue weighted by molar-refractivity contribution is 1.13. The van der Waals surface area contributed by atoms with Crippen molar-refractivity contribution in [3.8, 4) is 0 Å². The highest BCUT2D eigenvalue weighted by Gasteiger charge is 1.98. The number of rotatable bonds is 2. The maximum absolute atomic E-state index is 2.28. The fraction of sp³-hybridized carbons (Fsp3) is 0.286. The lowest BCUT2D eigenvalue weighted by Gasteiger charge is -2.13. The number of benzene rings is 2. The second-order valence-corrected chi connectivity index (χ2v) is 4.11. The normalized spacial score (nSPS) is 10.6. The highest BCUT2D eigenvalue weighted by atomic mass is 15.1. The zero-order valence-electron chi connectivity index (χ0n) is 9.62. The van der Waals surface area contributed by atoms with Gasteiger partial charge in [0, 0.05) is 19.8 Å². The van der Waals surface area contributed by atoms with Crippen LogP contribution in [0.25, 0.3) is 10.8 Å². The zero-order valence-corrected chi connectivity index (χ0v) is 9.62. The van der Waals surface area contributed by atoms with Gasteiger partial charge in [0.15, 0.2) is 0 Å². The van der Waals surface area contributed by atoms with Crippen LogP contribution in [-0.4, -0.2) is 14.1 Å². The van der Waals surface area contributed by atoms with E-state index in [1.165, 1.54) is 22.0 Å². The molecule has 0 unspecified atom stereocenters. The molecule has 0 atom stereocenters. The van der Waals surface area contributed by atoms with Gasteiger partial charge in [-0.1, -0.05) is 31.2 Å². The Bertz CT molecular complexity index is 472. The van der Waals surface area contributed by atoms with E-state index in [4.69, 9.17) is 0 Å². The van der Waals surface area contributed by atoms with Crippen molar-refractivity contribution in [2.24, 2.45) is 0 Å². The van der Waals surface area contributed by atoms with Gasteiger partial charge in [0.1, 0.15) is 0 Å². The van der Waals surface area contributed by atoms with Crippen LogP contribution in [0, 0.1) is 0 Å². The Hall–Kier alpha value is -1.50. The molecule has 0 saturated heterocycles. The van der Waals surface area contributed by atoms with Crippen LogP contribution in [0.5, 0.6) is 0 Å². The van der Waals surface area contributed by atoms with Crippen LogP contribution in [0.3, 0.4) is 0 Å². The molecule has 15 heavy (non-hydrogen) atoms. The number of aryl methyl sites for hydroxylation is 1. The molecule has 0 radical (unpaired) electrons. The van der Waals surface area contributed by atoms with Gasteiger partial charge in [0.25, 0.3) is 0 Å². The Morgan fingerprint density at radius 3 is 2.33 bits per heavy atom. The van der Waals surface area contributed by atoms with Crippen molar-refractivity contribution in [2.75, 3.05) is 19.0 Å². The van der Waals surface area contributed by atoms with Crippen molar-refractivity contribution in [3.05, 3.63) is 42.0 Å². The Balaban J connectivity index is 2.57. The number of fused-ring (bicyclic) bond motifs is 1. The Morgan fingerprint density at radius 1 is 0.933 bits per heavy atom. The minimum absolute atomic E-state index is 1.10. The third-order valence-electron chi connectivity index (χ3n) is 2.81. The molecule has 0 saturated carbocycles. The van der Waals surface area contributed by atoms with Crippen molar-refractivity contribution < 1.29 is 0 Å². The molecule has 0 N–H and O–H groups in total. The average molecular weight is 199 g/mol. The van der Waals surface area contributed by atoms with E-state index in [0.29, 0.717) is 0 Å². The van der Waals surface area contributed by atoms with E-state index in [1.54, 1.807) is 0 Å². The van der Waals surface area contributed by atoms with E-state index in [0.717, 1.165) is 6.42 Å². The van der Waals surface area contributed by atoms with E-state index in [9.17, 15) is 0 Å². The van der Waals surface area contributed by atoms with Crippen LogP contribution >= 0.6 is 0 Å². The summed E-state index contributed by atoms with van der Waals surface area (Å²) in [5.41, 5.74) is 2.66. The SMILES string of the molecule is CCc1ccc2ccc(N(C)C)cc2c1. The highest BCUT2D eigenvalue weighted by Crippen LogP contribution is 2.22. The average Bonchev–Trinajstić information content (AvgIpc) is 2.27. The Morgan fingerprint density at radius 2 is 1.67 bits per heavy atom. The van der Waals surface area contributed by atoms with E-state index in [-0.39, 0.29) is 0 Å². The minimum Gasteiger partial charge on any atom is -0.378 e. The zero-order chi connectivity index (χ0) is 10.8. The van der Waals surface area contributed by atoms with Gasteiger partial charge in [0.2, 0.25) is 0 Å². The lowest BCUT2D eigenvalue weighted by atomic mass is 10.0. The first-order valence-corrected chi connectivity index (χ1v) is 5.40. The summed E-state index contributed by atoms with van der Waals surface area (Å²) in [6, 6.07) is 13.3. The standard InChI is InChI=1S/C14H17N/c1-4-11-5-6-12-7-8-14(15(2)3)10-13(12)9-11/h5-10H,4H2,1-3H3. The Labute approximate surface area is 91.3 Å². The molecule has 0 fully saturated rings. The van der Waals surface area contributed by atoms with Crippen molar-refractivity contribution >= 4 is 16.5 Å². The summed E-state index contributed by atoms with van der Waals surface area (Å²) in [7, 11) is 4.15. The van der Waals surface area contributed by atoms with Gasteiger partial charge >= 0.3 is 0 Å². The van der Waals surface area contributed by atoms with Crippen LogP contribution in [0.4, 0.5) is 5.69 Å². The minimum atomic E-state index is 1.10. The third-order valence-corrected chi connectivity index (χ3v) is 2.81. The van der Waals surface area contributed by atoms with Crippen LogP contribution in [-0.2, 0) is 6.42 Å². The van der Waals surface area contributed by atoms with E-state index in [2.05, 4.69) is 62.3 Å². The van der Waals surface area contributed by atoms with Crippen molar-refractivity contribution in [1.82, 2.24) is 0 Å². The van der Waals surface area contributed by atoms with Gasteiger partial charge in [0.05, 0.1) is 0 Å². The topological polar surface area (TPSA) is 3.24 Å². The number of hydrogen-bond acceptors (Lipinski definition) is 1. The van der Waals surface area contributed by atoms with E-state index >= 15 is 0 Å². The molecule has 0 aliphatic heterocycles. The predicted molar refractivity (Wildman–Crippen MR) is 67.7 cm³/mol. The summed E-state index contributed by atoms with van der Waals surface area (Å²) in [5.74, 6) is 0. The molecule has 0 aromatic heterocycles. The van der Waals surface area contributed by atoms with Gasteiger partial charge in [-0.2, -0.15) is 0 Å². The van der Waals surface area contributed by atoms with Crippen LogP contribution in [0.2, 0.25) is 0 Å². The molecule has 0 spiro atoms. The first-order valence-electron chi connectivity index (χ1n) is 5.40. The van der Waals surface area contributed by atoms with Crippen molar-refractivity contribution in [3.63, 3.8) is 0 Å². The quantitative estimate of drug-likeness (QED) is 0.716. The molecule has 78 valence electrons. The van der Waals surface area contributed by atoms with Crippen LogP contribution < -0.4 is 4.90 Å². The summed E-state index contributed by atoms with van der Waals surface area (Å²) < 4.78 is 0. The monoisotopic (exact) mass is 199 g/mol. The first kappa shape index (κ1) is 10.0. The fourth-order valence-electron chi connectivity index (χ4n) is 1.78. The van der Waals surface area contributed by atoms with Crippen LogP contribution in [0.1, 0.15) is 12.5 Å². The maximum Gasteiger partial charge on any atom is 0.0367 e. The molecule has 0 bridgehead atoms. The molecule has 0 heterocycles. The molecule has 0 amide bonds. The molecular formula is C14H17N. The van der Waals surface area contributed by atoms with E-state index < -0.39 is 0 Å². The largest absolute Gasteiger partial charge is 0.378 e. The summed E-state index contributed by atoms with van der Waals surface area (Å²) in [6.45, 7) is 2.19. The lowest BCUT2D eigenvalue weighted by Crippen LogP contribution is -2.07. The third kappa shape index (κ3) is 1.96. The van der Waals surface area contributed by atoms with Crippen molar-refractivity contribution in [2.45, 2.75) is 13.3 Å². The predicted octanol–water partition coefficient (Wildman–Crippen LogP) is 3.47. The maximum atomic E-state index is 2.28. The summed E-state index contributed by atoms with van der Waals surface area (Å²) in [4.78, 5) is 2.14. The second-order valence-electron chi connectivity index (χ2n) is 4.11. The summed E-state index contributed by atoms with van der Waals surface area (Å²) >= 11 is 0. The van der Waals surface area contributed by atoms with Crippen LogP contribution in [0.15, 0.2) is 36.4 Å². The van der Waals surface area contributed by atoms with Gasteiger partial charge in [-0.15, -0.1) is 0 Å². The summed E-state index contributed by atoms with van der Waals surface area (Å²) in [5, 5.41) is 2.65. The smallest absolute Gasteiger partial charge is 0.0367 e. The molecule has 1 nitrogen and oxygen atoms in total. The van der Waals surface area contributed by atoms with Gasteiger partial charge in [-0.3, -0.25) is 0 Å². The molecular weight excluding hydrogens is 182 g/mol. The summed E-state index contributed by atoms with van der Waals surface area (Å²) in [6.07, 6.45) is 1.10. The molecule has 0 aliphatic rings. The van der Waals surface area contributed by atoms with Gasteiger partial charge in [-0.25, -0.2) is 0 Å². The highest BCUT2D eigenvalue weighted by molar-refractivity contribution is 5.86. The number of hydrogen-bond donors (Lipinski definition) is 0. The van der Waals surface area contributed by atoms with Gasteiger partial charge in [-0.05, 0) is 34.9 Å². The second kappa shape index (κ2) is 3.93. The molecule has 2 aromatic carbocycles.